The Morgan fingerprint density at radius 3 is 2.35 bits per heavy atom. The second-order valence-corrected chi connectivity index (χ2v) is 12.0. The molecule has 0 aliphatic rings. The van der Waals surface area contributed by atoms with Crippen molar-refractivity contribution < 1.29 is 0 Å². The van der Waals surface area contributed by atoms with Gasteiger partial charge < -0.3 is 0 Å². The number of benzene rings is 4. The maximum absolute atomic E-state index is 5.24. The number of thiophene rings is 1. The van der Waals surface area contributed by atoms with Crippen molar-refractivity contribution in [3.05, 3.63) is 148 Å². The fourth-order valence-electron chi connectivity index (χ4n) is 5.65. The van der Waals surface area contributed by atoms with E-state index in [2.05, 4.69) is 137 Å². The topological polar surface area (TPSA) is 25.2 Å². The quantitative estimate of drug-likeness (QED) is 0.165. The van der Waals surface area contributed by atoms with E-state index in [1.165, 1.54) is 42.6 Å². The lowest BCUT2D eigenvalue weighted by Gasteiger charge is -2.14. The predicted octanol–water partition coefficient (Wildman–Crippen LogP) is 11.2. The first kappa shape index (κ1) is 28.5. The van der Waals surface area contributed by atoms with Gasteiger partial charge in [-0.3, -0.25) is 4.98 Å². The van der Waals surface area contributed by atoms with Crippen LogP contribution in [-0.4, -0.2) is 10.7 Å². The molecular formula is C40H36N2S. The molecule has 0 unspecified atom stereocenters. The zero-order chi connectivity index (χ0) is 29.9. The minimum atomic E-state index is 0.745. The maximum atomic E-state index is 5.24. The standard InChI is InChI=1S/C40H36N2S/c1-6-8-15-29-22-23-35-36(25-33(7-2)42-38(35)26(29)3)32-19-14-18-31(24-32)28(5)41-39(30-16-10-9-11-17-30)40-27(4)34-20-12-13-21-37(34)43-40/h8-25H,5-7H2,1-4H3/b15-8-,41-39?. The molecule has 0 aliphatic heterocycles. The summed E-state index contributed by atoms with van der Waals surface area (Å²) in [7, 11) is 0. The Labute approximate surface area is 258 Å². The van der Waals surface area contributed by atoms with E-state index >= 15 is 0 Å². The van der Waals surface area contributed by atoms with Crippen LogP contribution in [0.5, 0.6) is 0 Å². The molecule has 0 fully saturated rings. The lowest BCUT2D eigenvalue weighted by atomic mass is 9.94. The van der Waals surface area contributed by atoms with Crippen LogP contribution in [0, 0.1) is 13.8 Å². The summed E-state index contributed by atoms with van der Waals surface area (Å²) in [6.45, 7) is 13.2. The van der Waals surface area contributed by atoms with Gasteiger partial charge in [0.1, 0.15) is 0 Å². The van der Waals surface area contributed by atoms with Crippen LogP contribution in [0.3, 0.4) is 0 Å². The number of allylic oxidation sites excluding steroid dienone is 1. The highest BCUT2D eigenvalue weighted by Gasteiger charge is 2.17. The Balaban J connectivity index is 1.47. The Morgan fingerprint density at radius 2 is 1.58 bits per heavy atom. The number of pyridine rings is 1. The highest BCUT2D eigenvalue weighted by Crippen LogP contribution is 2.36. The third-order valence-electron chi connectivity index (χ3n) is 8.08. The molecule has 3 heteroatoms. The van der Waals surface area contributed by atoms with Crippen molar-refractivity contribution in [1.29, 1.82) is 0 Å². The van der Waals surface area contributed by atoms with E-state index in [4.69, 9.17) is 9.98 Å². The summed E-state index contributed by atoms with van der Waals surface area (Å²) in [4.78, 5) is 11.5. The van der Waals surface area contributed by atoms with Gasteiger partial charge in [0.15, 0.2) is 0 Å². The second-order valence-electron chi connectivity index (χ2n) is 10.9. The van der Waals surface area contributed by atoms with Crippen molar-refractivity contribution in [2.45, 2.75) is 40.5 Å². The normalized spacial score (nSPS) is 12.0. The van der Waals surface area contributed by atoms with Gasteiger partial charge in [0.05, 0.1) is 21.8 Å². The van der Waals surface area contributed by atoms with Crippen LogP contribution < -0.4 is 0 Å². The number of rotatable bonds is 8. The number of fused-ring (bicyclic) bond motifs is 2. The maximum Gasteiger partial charge on any atom is 0.0884 e. The molecule has 6 aromatic rings. The monoisotopic (exact) mass is 576 g/mol. The van der Waals surface area contributed by atoms with E-state index in [1.807, 2.05) is 6.07 Å². The molecule has 0 N–H and O–H groups in total. The van der Waals surface area contributed by atoms with Gasteiger partial charge in [-0.1, -0.05) is 111 Å². The van der Waals surface area contributed by atoms with Gasteiger partial charge in [-0.2, -0.15) is 0 Å². The first-order valence-electron chi connectivity index (χ1n) is 15.0. The first-order valence-corrected chi connectivity index (χ1v) is 15.8. The average molecular weight is 577 g/mol. The van der Waals surface area contributed by atoms with E-state index in [-0.39, 0.29) is 0 Å². The summed E-state index contributed by atoms with van der Waals surface area (Å²) < 4.78 is 1.27. The van der Waals surface area contributed by atoms with Crippen molar-refractivity contribution in [2.24, 2.45) is 4.99 Å². The summed E-state index contributed by atoms with van der Waals surface area (Å²) in [6, 6.07) is 34.3. The van der Waals surface area contributed by atoms with E-state index in [0.29, 0.717) is 0 Å². The Morgan fingerprint density at radius 1 is 0.814 bits per heavy atom. The molecule has 0 aliphatic carbocycles. The van der Waals surface area contributed by atoms with Crippen LogP contribution in [0.2, 0.25) is 0 Å². The fraction of sp³-hybridized carbons (Fsp3) is 0.150. The molecule has 0 bridgehead atoms. The minimum Gasteiger partial charge on any atom is -0.253 e. The number of aromatic nitrogens is 1. The van der Waals surface area contributed by atoms with Crippen LogP contribution in [0.25, 0.3) is 43.9 Å². The second kappa shape index (κ2) is 12.3. The molecule has 212 valence electrons. The van der Waals surface area contributed by atoms with Crippen molar-refractivity contribution in [3.63, 3.8) is 0 Å². The molecule has 4 aromatic carbocycles. The van der Waals surface area contributed by atoms with Gasteiger partial charge in [0, 0.05) is 26.9 Å². The highest BCUT2D eigenvalue weighted by molar-refractivity contribution is 7.21. The summed E-state index contributed by atoms with van der Waals surface area (Å²) in [5, 5.41) is 2.44. The third-order valence-corrected chi connectivity index (χ3v) is 9.36. The molecule has 6 rings (SSSR count). The molecule has 0 amide bonds. The number of aliphatic imine (C=N–C) groups is 1. The zero-order valence-corrected chi connectivity index (χ0v) is 26.1. The van der Waals surface area contributed by atoms with E-state index in [1.54, 1.807) is 11.3 Å². The summed E-state index contributed by atoms with van der Waals surface area (Å²) >= 11 is 1.79. The Hall–Kier alpha value is -4.60. The third kappa shape index (κ3) is 5.61. The van der Waals surface area contributed by atoms with E-state index in [0.717, 1.165) is 52.2 Å². The van der Waals surface area contributed by atoms with Gasteiger partial charge in [-0.15, -0.1) is 11.3 Å². The van der Waals surface area contributed by atoms with Gasteiger partial charge in [-0.25, -0.2) is 4.99 Å². The molecule has 2 aromatic heterocycles. The molecule has 0 radical (unpaired) electrons. The summed E-state index contributed by atoms with van der Waals surface area (Å²) in [5.74, 6) is 0. The molecule has 43 heavy (non-hydrogen) atoms. The zero-order valence-electron chi connectivity index (χ0n) is 25.3. The Bertz CT molecular complexity index is 2030. The Kier molecular flexibility index (Phi) is 8.18. The number of hydrogen-bond donors (Lipinski definition) is 0. The van der Waals surface area contributed by atoms with Crippen LogP contribution >= 0.6 is 11.3 Å². The van der Waals surface area contributed by atoms with Crippen LogP contribution in [-0.2, 0) is 6.42 Å². The molecule has 2 heterocycles. The van der Waals surface area contributed by atoms with Crippen molar-refractivity contribution in [3.8, 4) is 11.1 Å². The van der Waals surface area contributed by atoms with Gasteiger partial charge >= 0.3 is 0 Å². The van der Waals surface area contributed by atoms with Gasteiger partial charge in [0.25, 0.3) is 0 Å². The van der Waals surface area contributed by atoms with Crippen molar-refractivity contribution >= 4 is 49.8 Å². The van der Waals surface area contributed by atoms with E-state index < -0.39 is 0 Å². The molecule has 0 spiro atoms. The molecule has 0 saturated heterocycles. The average Bonchev–Trinajstić information content (AvgIpc) is 3.39. The summed E-state index contributed by atoms with van der Waals surface area (Å²) in [5.41, 5.74) is 12.0. The van der Waals surface area contributed by atoms with Crippen LogP contribution in [0.4, 0.5) is 0 Å². The molecule has 2 nitrogen and oxygen atoms in total. The lowest BCUT2D eigenvalue weighted by molar-refractivity contribution is 1.05. The van der Waals surface area contributed by atoms with Crippen molar-refractivity contribution in [2.75, 3.05) is 0 Å². The smallest absolute Gasteiger partial charge is 0.0884 e. The SMILES string of the molecule is C=C(N=C(c1ccccc1)c1sc2ccccc2c1C)c1cccc(-c2cc(CC)nc3c(C)c(/C=C\CC)ccc23)c1. The van der Waals surface area contributed by atoms with E-state index in [9.17, 15) is 0 Å². The highest BCUT2D eigenvalue weighted by atomic mass is 32.1. The number of aryl methyl sites for hydroxylation is 3. The minimum absolute atomic E-state index is 0.745. The lowest BCUT2D eigenvalue weighted by Crippen LogP contribution is -2.03. The molecular weight excluding hydrogens is 541 g/mol. The van der Waals surface area contributed by atoms with Gasteiger partial charge in [-0.05, 0) is 78.1 Å². The van der Waals surface area contributed by atoms with Crippen LogP contribution in [0.15, 0.2) is 115 Å². The molecule has 0 saturated carbocycles. The number of nitrogens with zero attached hydrogens (tertiary/aromatic N) is 2. The largest absolute Gasteiger partial charge is 0.253 e. The van der Waals surface area contributed by atoms with Crippen LogP contribution in [0.1, 0.15) is 58.7 Å². The first-order chi connectivity index (χ1) is 21.0. The molecule has 0 atom stereocenters. The predicted molar refractivity (Wildman–Crippen MR) is 188 cm³/mol. The summed E-state index contributed by atoms with van der Waals surface area (Å²) in [6.07, 6.45) is 6.31. The number of hydrogen-bond acceptors (Lipinski definition) is 3. The fourth-order valence-corrected chi connectivity index (χ4v) is 6.87. The van der Waals surface area contributed by atoms with Gasteiger partial charge in [0.2, 0.25) is 0 Å². The van der Waals surface area contributed by atoms with Crippen molar-refractivity contribution in [1.82, 2.24) is 4.98 Å².